The molecule has 1 saturated heterocycles. The van der Waals surface area contributed by atoms with Crippen molar-refractivity contribution < 1.29 is 33.8 Å². The summed E-state index contributed by atoms with van der Waals surface area (Å²) in [6.07, 6.45) is 1.08. The van der Waals surface area contributed by atoms with E-state index in [2.05, 4.69) is 31.1 Å². The summed E-state index contributed by atoms with van der Waals surface area (Å²) in [5, 5.41) is 21.1. The first kappa shape index (κ1) is 37.5. The molecule has 5 N–H and O–H groups in total. The lowest BCUT2D eigenvalue weighted by molar-refractivity contribution is -0.142. The van der Waals surface area contributed by atoms with E-state index < -0.39 is 30.1 Å². The van der Waals surface area contributed by atoms with Crippen LogP contribution in [0.25, 0.3) is 0 Å². The smallest absolute Gasteiger partial charge is 0.408 e. The second-order valence-corrected chi connectivity index (χ2v) is 12.1. The fourth-order valence-electron chi connectivity index (χ4n) is 5.55. The Hall–Kier alpha value is -5.27. The van der Waals surface area contributed by atoms with Gasteiger partial charge in [-0.1, -0.05) is 54.6 Å². The van der Waals surface area contributed by atoms with Crippen LogP contribution >= 0.6 is 0 Å². The molecule has 3 aromatic rings. The SMILES string of the molecule is CNc1ccc(C[C@@H](NC(=O)OCc2ccccc2)C(=O)N[C@@H](Cc2ccc(NC(=O)CCN3CCN(CCC=O)CC3)cc2)C(=O)O)cc1. The lowest BCUT2D eigenvalue weighted by Gasteiger charge is -2.34. The molecule has 3 aromatic carbocycles. The number of nitrogens with zero attached hydrogens (tertiary/aromatic N) is 2. The normalized spacial score (nSPS) is 14.5. The van der Waals surface area contributed by atoms with Crippen molar-refractivity contribution in [2.45, 2.75) is 44.4 Å². The number of rotatable bonds is 18. The van der Waals surface area contributed by atoms with Crippen LogP contribution in [-0.4, -0.2) is 103 Å². The van der Waals surface area contributed by atoms with E-state index in [1.165, 1.54) is 0 Å². The largest absolute Gasteiger partial charge is 0.480 e. The molecule has 0 aliphatic carbocycles. The van der Waals surface area contributed by atoms with Crippen LogP contribution in [0.2, 0.25) is 0 Å². The van der Waals surface area contributed by atoms with E-state index in [0.29, 0.717) is 30.6 Å². The molecule has 2 atom stereocenters. The zero-order chi connectivity index (χ0) is 35.7. The molecule has 1 aliphatic heterocycles. The van der Waals surface area contributed by atoms with Crippen molar-refractivity contribution >= 4 is 41.5 Å². The molecule has 4 rings (SSSR count). The maximum Gasteiger partial charge on any atom is 0.408 e. The summed E-state index contributed by atoms with van der Waals surface area (Å²) in [4.78, 5) is 66.1. The third-order valence-corrected chi connectivity index (χ3v) is 8.48. The van der Waals surface area contributed by atoms with Crippen LogP contribution in [-0.2, 0) is 43.4 Å². The van der Waals surface area contributed by atoms with Gasteiger partial charge in [0.05, 0.1) is 0 Å². The molecule has 0 spiro atoms. The molecule has 0 saturated carbocycles. The Bertz CT molecular complexity index is 1540. The number of hydrogen-bond acceptors (Lipinski definition) is 9. The molecule has 1 aliphatic rings. The second kappa shape index (κ2) is 19.7. The van der Waals surface area contributed by atoms with Crippen LogP contribution in [0.3, 0.4) is 0 Å². The van der Waals surface area contributed by atoms with Gasteiger partial charge < -0.3 is 45.7 Å². The summed E-state index contributed by atoms with van der Waals surface area (Å²) in [5.74, 6) is -2.03. The van der Waals surface area contributed by atoms with Crippen LogP contribution in [0.15, 0.2) is 78.9 Å². The van der Waals surface area contributed by atoms with Gasteiger partial charge in [-0.25, -0.2) is 9.59 Å². The van der Waals surface area contributed by atoms with E-state index >= 15 is 0 Å². The Morgan fingerprint density at radius 3 is 1.92 bits per heavy atom. The van der Waals surface area contributed by atoms with E-state index in [1.807, 2.05) is 54.6 Å². The number of amides is 3. The summed E-state index contributed by atoms with van der Waals surface area (Å²) in [6, 6.07) is 20.8. The Morgan fingerprint density at radius 2 is 1.34 bits per heavy atom. The van der Waals surface area contributed by atoms with Crippen LogP contribution in [0.1, 0.15) is 29.5 Å². The first-order valence-corrected chi connectivity index (χ1v) is 16.8. The van der Waals surface area contributed by atoms with Crippen molar-refractivity contribution in [3.05, 3.63) is 95.6 Å². The Morgan fingerprint density at radius 1 is 0.760 bits per heavy atom. The van der Waals surface area contributed by atoms with Gasteiger partial charge in [-0.2, -0.15) is 0 Å². The number of ether oxygens (including phenoxy) is 1. The lowest BCUT2D eigenvalue weighted by Crippen LogP contribution is -2.53. The van der Waals surface area contributed by atoms with Gasteiger partial charge in [-0.3, -0.25) is 9.59 Å². The minimum Gasteiger partial charge on any atom is -0.480 e. The highest BCUT2D eigenvalue weighted by molar-refractivity contribution is 5.91. The molecular weight excluding hydrogens is 640 g/mol. The highest BCUT2D eigenvalue weighted by Crippen LogP contribution is 2.14. The van der Waals surface area contributed by atoms with Crippen molar-refractivity contribution in [3.63, 3.8) is 0 Å². The van der Waals surface area contributed by atoms with Crippen LogP contribution in [0.5, 0.6) is 0 Å². The summed E-state index contributed by atoms with van der Waals surface area (Å²) in [6.45, 7) is 4.85. The number of carbonyl (C=O) groups is 5. The number of aldehydes is 1. The van der Waals surface area contributed by atoms with Crippen molar-refractivity contribution in [2.75, 3.05) is 56.9 Å². The summed E-state index contributed by atoms with van der Waals surface area (Å²) in [7, 11) is 1.79. The Labute approximate surface area is 292 Å². The molecule has 266 valence electrons. The zero-order valence-electron chi connectivity index (χ0n) is 28.3. The van der Waals surface area contributed by atoms with E-state index in [1.54, 1.807) is 31.3 Å². The molecule has 50 heavy (non-hydrogen) atoms. The van der Waals surface area contributed by atoms with Gasteiger partial charge >= 0.3 is 12.1 Å². The van der Waals surface area contributed by atoms with Gasteiger partial charge in [0.15, 0.2) is 0 Å². The first-order valence-electron chi connectivity index (χ1n) is 16.8. The standard InChI is InChI=1S/C37H46N6O7/c1-38-30-12-8-27(9-13-30)24-32(41-37(49)50-26-29-6-3-2-4-7-29)35(46)40-33(36(47)48)25-28-10-14-31(15-11-28)39-34(45)16-18-43-21-19-42(20-22-43)17-5-23-44/h2-4,6-15,23,32-33,38H,5,16-22,24-26H2,1H3,(H,39,45)(H,40,46)(H,41,49)(H,47,48)/t32-,33+/m1/s1. The molecule has 13 nitrogen and oxygen atoms in total. The summed E-state index contributed by atoms with van der Waals surface area (Å²) in [5.41, 5.74) is 3.62. The Balaban J connectivity index is 1.30. The van der Waals surface area contributed by atoms with Gasteiger partial charge in [0.2, 0.25) is 11.8 Å². The summed E-state index contributed by atoms with van der Waals surface area (Å²) < 4.78 is 5.33. The second-order valence-electron chi connectivity index (χ2n) is 12.1. The van der Waals surface area contributed by atoms with Gasteiger partial charge in [0.1, 0.15) is 25.0 Å². The summed E-state index contributed by atoms with van der Waals surface area (Å²) >= 11 is 0. The molecule has 3 amide bonds. The molecule has 0 unspecified atom stereocenters. The van der Waals surface area contributed by atoms with E-state index in [-0.39, 0.29) is 25.4 Å². The number of hydrogen-bond donors (Lipinski definition) is 5. The fourth-order valence-corrected chi connectivity index (χ4v) is 5.55. The molecule has 1 fully saturated rings. The fraction of sp³-hybridized carbons (Fsp3) is 0.378. The van der Waals surface area contributed by atoms with E-state index in [4.69, 9.17) is 4.74 Å². The predicted octanol–water partition coefficient (Wildman–Crippen LogP) is 2.91. The van der Waals surface area contributed by atoms with Gasteiger partial charge in [-0.05, 0) is 41.0 Å². The number of carboxylic acid groups (broad SMARTS) is 1. The minimum atomic E-state index is -1.28. The monoisotopic (exact) mass is 686 g/mol. The number of benzene rings is 3. The quantitative estimate of drug-likeness (QED) is 0.126. The highest BCUT2D eigenvalue weighted by atomic mass is 16.5. The van der Waals surface area contributed by atoms with Gasteiger partial charge in [-0.15, -0.1) is 0 Å². The number of piperazine rings is 1. The number of anilines is 2. The first-order chi connectivity index (χ1) is 24.2. The van der Waals surface area contributed by atoms with Crippen molar-refractivity contribution in [1.82, 2.24) is 20.4 Å². The average molecular weight is 687 g/mol. The molecule has 0 radical (unpaired) electrons. The van der Waals surface area contributed by atoms with Crippen molar-refractivity contribution in [1.29, 1.82) is 0 Å². The van der Waals surface area contributed by atoms with Crippen LogP contribution in [0, 0.1) is 0 Å². The average Bonchev–Trinajstić information content (AvgIpc) is 3.13. The van der Waals surface area contributed by atoms with Crippen molar-refractivity contribution in [3.8, 4) is 0 Å². The maximum atomic E-state index is 13.5. The zero-order valence-corrected chi connectivity index (χ0v) is 28.3. The molecule has 13 heteroatoms. The van der Waals surface area contributed by atoms with E-state index in [9.17, 15) is 29.1 Å². The molecular formula is C37H46N6O7. The van der Waals surface area contributed by atoms with Crippen LogP contribution < -0.4 is 21.3 Å². The molecule has 0 bridgehead atoms. The lowest BCUT2D eigenvalue weighted by atomic mass is 10.0. The van der Waals surface area contributed by atoms with Crippen LogP contribution in [0.4, 0.5) is 16.2 Å². The predicted molar refractivity (Wildman–Crippen MR) is 190 cm³/mol. The van der Waals surface area contributed by atoms with Gasteiger partial charge in [0.25, 0.3) is 0 Å². The number of carboxylic acids is 1. The number of alkyl carbamates (subject to hydrolysis) is 1. The molecule has 1 heterocycles. The van der Waals surface area contributed by atoms with Gasteiger partial charge in [0, 0.05) is 83.4 Å². The third kappa shape index (κ3) is 12.6. The number of nitrogens with one attached hydrogen (secondary N) is 4. The highest BCUT2D eigenvalue weighted by Gasteiger charge is 2.28. The van der Waals surface area contributed by atoms with E-state index in [0.717, 1.165) is 55.8 Å². The number of aliphatic carboxylic acids is 1. The number of carbonyl (C=O) groups excluding carboxylic acids is 4. The maximum absolute atomic E-state index is 13.5. The minimum absolute atomic E-state index is 0.00757. The molecule has 0 aromatic heterocycles. The van der Waals surface area contributed by atoms with Crippen molar-refractivity contribution in [2.24, 2.45) is 0 Å². The topological polar surface area (TPSA) is 169 Å². The third-order valence-electron chi connectivity index (χ3n) is 8.48. The Kier molecular flexibility index (Phi) is 14.8.